The highest BCUT2D eigenvalue weighted by molar-refractivity contribution is 5.90. The van der Waals surface area contributed by atoms with Gasteiger partial charge in [-0.25, -0.2) is 4.79 Å². The van der Waals surface area contributed by atoms with Crippen molar-refractivity contribution < 1.29 is 14.6 Å². The molecule has 1 unspecified atom stereocenters. The second-order valence-electron chi connectivity index (χ2n) is 3.73. The predicted octanol–water partition coefficient (Wildman–Crippen LogP) is 0.644. The van der Waals surface area contributed by atoms with Crippen LogP contribution in [0.25, 0.3) is 0 Å². The highest BCUT2D eigenvalue weighted by atomic mass is 16.5. The summed E-state index contributed by atoms with van der Waals surface area (Å²) >= 11 is 0. The van der Waals surface area contributed by atoms with Crippen LogP contribution >= 0.6 is 0 Å². The smallest absolute Gasteiger partial charge is 0.338 e. The quantitative estimate of drug-likeness (QED) is 0.735. The molecule has 0 saturated heterocycles. The molecule has 0 radical (unpaired) electrons. The molecule has 0 bridgehead atoms. The van der Waals surface area contributed by atoms with Crippen LogP contribution in [0.2, 0.25) is 0 Å². The second-order valence-corrected chi connectivity index (χ2v) is 3.73. The van der Waals surface area contributed by atoms with Gasteiger partial charge < -0.3 is 15.6 Å². The average molecular weight is 223 g/mol. The number of hydrogen-bond donors (Lipinski definition) is 2. The lowest BCUT2D eigenvalue weighted by atomic mass is 10.0. The van der Waals surface area contributed by atoms with Crippen LogP contribution in [0.15, 0.2) is 18.2 Å². The Morgan fingerprint density at radius 2 is 2.25 bits per heavy atom. The first-order valence-electron chi connectivity index (χ1n) is 5.14. The molecule has 1 aromatic carbocycles. The van der Waals surface area contributed by atoms with Gasteiger partial charge in [0.2, 0.25) is 0 Å². The number of methoxy groups -OCH3 is 1. The number of esters is 1. The Morgan fingerprint density at radius 1 is 1.56 bits per heavy atom. The minimum Gasteiger partial charge on any atom is -0.465 e. The van der Waals surface area contributed by atoms with Gasteiger partial charge in [-0.05, 0) is 30.5 Å². The molecule has 0 aromatic heterocycles. The van der Waals surface area contributed by atoms with Crippen molar-refractivity contribution in [3.63, 3.8) is 0 Å². The first kappa shape index (κ1) is 12.7. The summed E-state index contributed by atoms with van der Waals surface area (Å²) in [7, 11) is 1.36. The number of ether oxygens (including phenoxy) is 1. The molecule has 1 atom stereocenters. The van der Waals surface area contributed by atoms with E-state index in [1.807, 2.05) is 13.0 Å². The van der Waals surface area contributed by atoms with E-state index in [9.17, 15) is 9.90 Å². The third-order valence-electron chi connectivity index (χ3n) is 2.44. The fourth-order valence-electron chi connectivity index (χ4n) is 1.55. The summed E-state index contributed by atoms with van der Waals surface area (Å²) in [5, 5.41) is 9.41. The van der Waals surface area contributed by atoms with Crippen molar-refractivity contribution in [1.82, 2.24) is 0 Å². The number of carbonyl (C=O) groups excluding carboxylic acids is 1. The Morgan fingerprint density at radius 3 is 2.75 bits per heavy atom. The molecule has 4 heteroatoms. The van der Waals surface area contributed by atoms with Crippen LogP contribution in [-0.2, 0) is 11.2 Å². The van der Waals surface area contributed by atoms with Crippen LogP contribution in [0.5, 0.6) is 0 Å². The van der Waals surface area contributed by atoms with Gasteiger partial charge >= 0.3 is 5.97 Å². The Kier molecular flexibility index (Phi) is 4.46. The maximum absolute atomic E-state index is 11.3. The van der Waals surface area contributed by atoms with E-state index >= 15 is 0 Å². The van der Waals surface area contributed by atoms with E-state index in [-0.39, 0.29) is 12.5 Å². The molecule has 0 fully saturated rings. The summed E-state index contributed by atoms with van der Waals surface area (Å²) in [6.07, 6.45) is -0.0397. The molecule has 0 aliphatic rings. The number of benzene rings is 1. The van der Waals surface area contributed by atoms with Crippen LogP contribution in [0.3, 0.4) is 0 Å². The van der Waals surface area contributed by atoms with Crippen LogP contribution in [0.1, 0.15) is 21.5 Å². The molecular formula is C12H17NO3. The Bertz CT molecular complexity index is 377. The van der Waals surface area contributed by atoms with Crippen molar-refractivity contribution in [3.05, 3.63) is 34.9 Å². The third kappa shape index (κ3) is 3.05. The largest absolute Gasteiger partial charge is 0.465 e. The molecule has 1 rings (SSSR count). The molecule has 1 aromatic rings. The minimum atomic E-state index is -0.539. The first-order chi connectivity index (χ1) is 7.58. The molecule has 3 N–H and O–H groups in total. The zero-order valence-corrected chi connectivity index (χ0v) is 9.56. The Hall–Kier alpha value is -1.39. The molecule has 16 heavy (non-hydrogen) atoms. The van der Waals surface area contributed by atoms with Crippen molar-refractivity contribution >= 4 is 5.97 Å². The normalized spacial score (nSPS) is 12.2. The molecular weight excluding hydrogens is 206 g/mol. The molecule has 0 spiro atoms. The van der Waals surface area contributed by atoms with Gasteiger partial charge in [0.05, 0.1) is 18.8 Å². The van der Waals surface area contributed by atoms with Gasteiger partial charge in [0.15, 0.2) is 0 Å². The molecule has 0 amide bonds. The number of hydrogen-bond acceptors (Lipinski definition) is 4. The first-order valence-corrected chi connectivity index (χ1v) is 5.14. The lowest BCUT2D eigenvalue weighted by Crippen LogP contribution is -2.22. The summed E-state index contributed by atoms with van der Waals surface area (Å²) in [6, 6.07) is 5.38. The lowest BCUT2D eigenvalue weighted by molar-refractivity contribution is 0.0600. The van der Waals surface area contributed by atoms with Gasteiger partial charge in [-0.2, -0.15) is 0 Å². The topological polar surface area (TPSA) is 72.5 Å². The zero-order valence-electron chi connectivity index (χ0n) is 9.56. The van der Waals surface area contributed by atoms with Gasteiger partial charge in [0.1, 0.15) is 0 Å². The number of carbonyl (C=O) groups is 1. The fraction of sp³-hybridized carbons (Fsp3) is 0.417. The zero-order chi connectivity index (χ0) is 12.1. The predicted molar refractivity (Wildman–Crippen MR) is 61.3 cm³/mol. The Balaban J connectivity index is 2.86. The second kappa shape index (κ2) is 5.63. The fourth-order valence-corrected chi connectivity index (χ4v) is 1.55. The monoisotopic (exact) mass is 223 g/mol. The summed E-state index contributed by atoms with van der Waals surface area (Å²) in [5.41, 5.74) is 7.69. The molecule has 0 saturated carbocycles. The number of aryl methyl sites for hydroxylation is 1. The summed E-state index contributed by atoms with van der Waals surface area (Å²) in [4.78, 5) is 11.3. The van der Waals surface area contributed by atoms with E-state index in [4.69, 9.17) is 5.73 Å². The molecule has 4 nitrogen and oxygen atoms in total. The summed E-state index contributed by atoms with van der Waals surface area (Å²) in [6.45, 7) is 2.07. The highest BCUT2D eigenvalue weighted by Gasteiger charge is 2.10. The van der Waals surface area contributed by atoms with Gasteiger partial charge in [0, 0.05) is 6.54 Å². The molecule has 0 aliphatic carbocycles. The highest BCUT2D eigenvalue weighted by Crippen LogP contribution is 2.13. The van der Waals surface area contributed by atoms with Gasteiger partial charge in [-0.15, -0.1) is 0 Å². The summed E-state index contributed by atoms with van der Waals surface area (Å²) in [5.74, 6) is -0.344. The van der Waals surface area contributed by atoms with Gasteiger partial charge in [-0.1, -0.05) is 12.1 Å². The SMILES string of the molecule is COC(=O)c1ccc(CC(O)CN)cc1C. The molecule has 88 valence electrons. The number of rotatable bonds is 4. The average Bonchev–Trinajstić information content (AvgIpc) is 2.28. The van der Waals surface area contributed by atoms with Crippen LogP contribution in [0.4, 0.5) is 0 Å². The number of aliphatic hydroxyl groups is 1. The summed E-state index contributed by atoms with van der Waals surface area (Å²) < 4.78 is 4.65. The maximum Gasteiger partial charge on any atom is 0.338 e. The van der Waals surface area contributed by atoms with E-state index in [2.05, 4.69) is 4.74 Å². The third-order valence-corrected chi connectivity index (χ3v) is 2.44. The molecule has 0 aliphatic heterocycles. The lowest BCUT2D eigenvalue weighted by Gasteiger charge is -2.10. The standard InChI is InChI=1S/C12H17NO3/c1-8-5-9(6-10(14)7-13)3-4-11(8)12(15)16-2/h3-5,10,14H,6-7,13H2,1-2H3. The van der Waals surface area contributed by atoms with Crippen molar-refractivity contribution in [2.75, 3.05) is 13.7 Å². The van der Waals surface area contributed by atoms with E-state index < -0.39 is 6.10 Å². The van der Waals surface area contributed by atoms with Crippen molar-refractivity contribution in [2.24, 2.45) is 5.73 Å². The number of aliphatic hydroxyl groups excluding tert-OH is 1. The van der Waals surface area contributed by atoms with Crippen molar-refractivity contribution in [3.8, 4) is 0 Å². The van der Waals surface area contributed by atoms with E-state index in [1.165, 1.54) is 7.11 Å². The van der Waals surface area contributed by atoms with E-state index in [0.717, 1.165) is 11.1 Å². The van der Waals surface area contributed by atoms with E-state index in [0.29, 0.717) is 12.0 Å². The minimum absolute atomic E-state index is 0.234. The van der Waals surface area contributed by atoms with Crippen molar-refractivity contribution in [1.29, 1.82) is 0 Å². The van der Waals surface area contributed by atoms with Crippen LogP contribution in [-0.4, -0.2) is 30.8 Å². The van der Waals surface area contributed by atoms with Gasteiger partial charge in [0.25, 0.3) is 0 Å². The number of nitrogens with two attached hydrogens (primary N) is 1. The Labute approximate surface area is 95.0 Å². The van der Waals surface area contributed by atoms with Gasteiger partial charge in [-0.3, -0.25) is 0 Å². The van der Waals surface area contributed by atoms with Crippen molar-refractivity contribution in [2.45, 2.75) is 19.4 Å². The molecule has 0 heterocycles. The maximum atomic E-state index is 11.3. The van der Waals surface area contributed by atoms with Crippen LogP contribution in [0, 0.1) is 6.92 Å². The van der Waals surface area contributed by atoms with E-state index in [1.54, 1.807) is 12.1 Å². The van der Waals surface area contributed by atoms with Crippen LogP contribution < -0.4 is 5.73 Å².